The second-order valence-electron chi connectivity index (χ2n) is 4.33. The lowest BCUT2D eigenvalue weighted by Gasteiger charge is -2.06. The van der Waals surface area contributed by atoms with Crippen molar-refractivity contribution in [3.8, 4) is 5.75 Å². The summed E-state index contributed by atoms with van der Waals surface area (Å²) >= 11 is 0. The highest BCUT2D eigenvalue weighted by Crippen LogP contribution is 2.18. The van der Waals surface area contributed by atoms with Crippen LogP contribution in [0.1, 0.15) is 29.3 Å². The van der Waals surface area contributed by atoms with Crippen molar-refractivity contribution in [3.05, 3.63) is 65.2 Å². The standard InChI is InChI=1S/C16H14F2O2/c1-2-9-20-13-6-3-11(4-7-13)16(19)14-8-5-12(17)10-15(14)18/h3-8,10H,2,9H2,1H3. The van der Waals surface area contributed by atoms with Crippen LogP contribution in [0.4, 0.5) is 8.78 Å². The van der Waals surface area contributed by atoms with Crippen molar-refractivity contribution in [2.45, 2.75) is 13.3 Å². The number of hydrogen-bond acceptors (Lipinski definition) is 2. The second-order valence-corrected chi connectivity index (χ2v) is 4.33. The summed E-state index contributed by atoms with van der Waals surface area (Å²) in [6.07, 6.45) is 0.890. The molecule has 2 aromatic carbocycles. The minimum Gasteiger partial charge on any atom is -0.494 e. The molecule has 0 aliphatic carbocycles. The van der Waals surface area contributed by atoms with Crippen LogP contribution in [-0.2, 0) is 0 Å². The molecule has 2 rings (SSSR count). The van der Waals surface area contributed by atoms with Crippen molar-refractivity contribution >= 4 is 5.78 Å². The first-order valence-corrected chi connectivity index (χ1v) is 6.34. The summed E-state index contributed by atoms with van der Waals surface area (Å²) in [5, 5.41) is 0. The summed E-state index contributed by atoms with van der Waals surface area (Å²) in [6, 6.07) is 9.36. The number of halogens is 2. The van der Waals surface area contributed by atoms with Gasteiger partial charge in [-0.25, -0.2) is 8.78 Å². The zero-order chi connectivity index (χ0) is 14.5. The normalized spacial score (nSPS) is 10.3. The molecular weight excluding hydrogens is 262 g/mol. The molecule has 0 fully saturated rings. The maximum absolute atomic E-state index is 13.5. The summed E-state index contributed by atoms with van der Waals surface area (Å²) in [5.41, 5.74) is 0.188. The molecule has 0 aliphatic rings. The summed E-state index contributed by atoms with van der Waals surface area (Å²) < 4.78 is 31.8. The van der Waals surface area contributed by atoms with Crippen LogP contribution >= 0.6 is 0 Å². The van der Waals surface area contributed by atoms with E-state index >= 15 is 0 Å². The van der Waals surface area contributed by atoms with Crippen LogP contribution in [0.15, 0.2) is 42.5 Å². The van der Waals surface area contributed by atoms with Crippen molar-refractivity contribution in [2.24, 2.45) is 0 Å². The quantitative estimate of drug-likeness (QED) is 0.772. The molecular formula is C16H14F2O2. The van der Waals surface area contributed by atoms with E-state index in [1.807, 2.05) is 6.92 Å². The molecule has 0 aromatic heterocycles. The molecule has 0 N–H and O–H groups in total. The van der Waals surface area contributed by atoms with E-state index in [9.17, 15) is 13.6 Å². The number of hydrogen-bond donors (Lipinski definition) is 0. The average molecular weight is 276 g/mol. The Morgan fingerprint density at radius 2 is 1.80 bits per heavy atom. The van der Waals surface area contributed by atoms with Gasteiger partial charge in [-0.1, -0.05) is 6.92 Å². The van der Waals surface area contributed by atoms with Gasteiger partial charge < -0.3 is 4.74 Å². The molecule has 2 nitrogen and oxygen atoms in total. The minimum absolute atomic E-state index is 0.145. The molecule has 2 aromatic rings. The van der Waals surface area contributed by atoms with Gasteiger partial charge in [-0.05, 0) is 42.8 Å². The van der Waals surface area contributed by atoms with Gasteiger partial charge in [0.25, 0.3) is 0 Å². The molecule has 0 saturated carbocycles. The van der Waals surface area contributed by atoms with E-state index in [0.29, 0.717) is 24.0 Å². The first-order valence-electron chi connectivity index (χ1n) is 6.34. The van der Waals surface area contributed by atoms with Crippen molar-refractivity contribution in [2.75, 3.05) is 6.61 Å². The summed E-state index contributed by atoms with van der Waals surface area (Å²) in [4.78, 5) is 12.1. The second kappa shape index (κ2) is 6.28. The van der Waals surface area contributed by atoms with E-state index in [-0.39, 0.29) is 5.56 Å². The first kappa shape index (κ1) is 14.2. The van der Waals surface area contributed by atoms with E-state index in [1.54, 1.807) is 24.3 Å². The highest BCUT2D eigenvalue weighted by Gasteiger charge is 2.14. The van der Waals surface area contributed by atoms with Crippen molar-refractivity contribution in [3.63, 3.8) is 0 Å². The Morgan fingerprint density at radius 1 is 1.10 bits per heavy atom. The molecule has 0 unspecified atom stereocenters. The third kappa shape index (κ3) is 3.20. The van der Waals surface area contributed by atoms with Gasteiger partial charge in [-0.15, -0.1) is 0 Å². The average Bonchev–Trinajstić information content (AvgIpc) is 2.45. The fourth-order valence-electron chi connectivity index (χ4n) is 1.75. The highest BCUT2D eigenvalue weighted by molar-refractivity contribution is 6.09. The largest absolute Gasteiger partial charge is 0.494 e. The lowest BCUT2D eigenvalue weighted by Crippen LogP contribution is -2.05. The minimum atomic E-state index is -0.860. The van der Waals surface area contributed by atoms with Gasteiger partial charge in [-0.2, -0.15) is 0 Å². The lowest BCUT2D eigenvalue weighted by molar-refractivity contribution is 0.103. The van der Waals surface area contributed by atoms with Crippen LogP contribution in [0.5, 0.6) is 5.75 Å². The maximum atomic E-state index is 13.5. The van der Waals surface area contributed by atoms with Gasteiger partial charge >= 0.3 is 0 Å². The molecule has 0 aliphatic heterocycles. The number of ether oxygens (including phenoxy) is 1. The maximum Gasteiger partial charge on any atom is 0.195 e. The van der Waals surface area contributed by atoms with Crippen molar-refractivity contribution in [1.82, 2.24) is 0 Å². The molecule has 4 heteroatoms. The molecule has 0 radical (unpaired) electrons. The molecule has 104 valence electrons. The Bertz CT molecular complexity index is 606. The SMILES string of the molecule is CCCOc1ccc(C(=O)c2ccc(F)cc2F)cc1. The smallest absolute Gasteiger partial charge is 0.195 e. The Morgan fingerprint density at radius 3 is 2.40 bits per heavy atom. The van der Waals surface area contributed by atoms with Crippen molar-refractivity contribution < 1.29 is 18.3 Å². The molecule has 0 heterocycles. The van der Waals surface area contributed by atoms with Crippen molar-refractivity contribution in [1.29, 1.82) is 0 Å². The summed E-state index contributed by atoms with van der Waals surface area (Å²) in [7, 11) is 0. The number of carbonyl (C=O) groups excluding carboxylic acids is 1. The monoisotopic (exact) mass is 276 g/mol. The number of benzene rings is 2. The van der Waals surface area contributed by atoms with E-state index in [2.05, 4.69) is 0 Å². The van der Waals surface area contributed by atoms with E-state index in [0.717, 1.165) is 18.6 Å². The third-order valence-corrected chi connectivity index (χ3v) is 2.77. The van der Waals surface area contributed by atoms with E-state index in [4.69, 9.17) is 4.74 Å². The molecule has 0 amide bonds. The molecule has 20 heavy (non-hydrogen) atoms. The van der Waals surface area contributed by atoms with E-state index < -0.39 is 17.4 Å². The highest BCUT2D eigenvalue weighted by atomic mass is 19.1. The molecule has 0 spiro atoms. The predicted octanol–water partition coefficient (Wildman–Crippen LogP) is 3.98. The zero-order valence-corrected chi connectivity index (χ0v) is 11.0. The molecule has 0 bridgehead atoms. The third-order valence-electron chi connectivity index (χ3n) is 2.77. The van der Waals surface area contributed by atoms with Gasteiger partial charge in [0.05, 0.1) is 12.2 Å². The van der Waals surface area contributed by atoms with Crippen LogP contribution in [0.25, 0.3) is 0 Å². The number of ketones is 1. The van der Waals surface area contributed by atoms with Crippen LogP contribution in [-0.4, -0.2) is 12.4 Å². The lowest BCUT2D eigenvalue weighted by atomic mass is 10.0. The van der Waals surface area contributed by atoms with Crippen LogP contribution < -0.4 is 4.74 Å². The Hall–Kier alpha value is -2.23. The molecule has 0 saturated heterocycles. The topological polar surface area (TPSA) is 26.3 Å². The number of carbonyl (C=O) groups is 1. The fraction of sp³-hybridized carbons (Fsp3) is 0.188. The van der Waals surface area contributed by atoms with Gasteiger partial charge in [0.1, 0.15) is 17.4 Å². The Kier molecular flexibility index (Phi) is 4.45. The van der Waals surface area contributed by atoms with Gasteiger partial charge in [0, 0.05) is 11.6 Å². The zero-order valence-electron chi connectivity index (χ0n) is 11.0. The Balaban J connectivity index is 2.20. The predicted molar refractivity (Wildman–Crippen MR) is 72.0 cm³/mol. The van der Waals surface area contributed by atoms with Crippen LogP contribution in [0.3, 0.4) is 0 Å². The van der Waals surface area contributed by atoms with Crippen LogP contribution in [0, 0.1) is 11.6 Å². The first-order chi connectivity index (χ1) is 9.61. The van der Waals surface area contributed by atoms with Gasteiger partial charge in [0.15, 0.2) is 5.78 Å². The van der Waals surface area contributed by atoms with E-state index in [1.165, 1.54) is 0 Å². The molecule has 0 atom stereocenters. The van der Waals surface area contributed by atoms with Crippen LogP contribution in [0.2, 0.25) is 0 Å². The summed E-state index contributed by atoms with van der Waals surface area (Å²) in [6.45, 7) is 2.59. The number of rotatable bonds is 5. The van der Waals surface area contributed by atoms with Gasteiger partial charge in [0.2, 0.25) is 0 Å². The summed E-state index contributed by atoms with van der Waals surface area (Å²) in [5.74, 6) is -1.39. The van der Waals surface area contributed by atoms with Gasteiger partial charge in [-0.3, -0.25) is 4.79 Å². The fourth-order valence-corrected chi connectivity index (χ4v) is 1.75. The Labute approximate surface area is 116 Å².